The zero-order valence-electron chi connectivity index (χ0n) is 56.3. The van der Waals surface area contributed by atoms with Gasteiger partial charge in [0.05, 0.1) is 31.8 Å². The van der Waals surface area contributed by atoms with Crippen LogP contribution >= 0.6 is 7.82 Å². The number of phosphoric ester groups is 1. The van der Waals surface area contributed by atoms with Crippen LogP contribution in [0.15, 0.2) is 12.2 Å². The molecule has 2 aliphatic heterocycles. The van der Waals surface area contributed by atoms with E-state index >= 15 is 0 Å². The number of amides is 2. The van der Waals surface area contributed by atoms with Gasteiger partial charge in [0.25, 0.3) is 0 Å². The fraction of sp³-hybridized carbons (Fsp3) is 0.913. The fourth-order valence-corrected chi connectivity index (χ4v) is 12.7. The summed E-state index contributed by atoms with van der Waals surface area (Å²) in [5.41, 5.74) is 0. The SMILES string of the molecule is CCCCCC/C=C\CCCCCCO[C@H](CCCCCCCCCCC)CCO[C@@H]1[C@@H](NC(C)=O)[C@H](OC[C@H]2O[C@H](C(=O)O)[C@H](NC(=O)CC(=O)CCCCCCCCCCC)[C@@H](OCCCCCCCCCCCC)[C@@H]2O)O[C@H](CO)[C@H]1OP(=O)(O)O. The number of aliphatic hydroxyl groups excluding tert-OH is 2. The van der Waals surface area contributed by atoms with Crippen LogP contribution in [0.2, 0.25) is 0 Å². The lowest BCUT2D eigenvalue weighted by Crippen LogP contribution is -2.68. The lowest BCUT2D eigenvalue weighted by molar-refractivity contribution is -0.289. The fourth-order valence-electron chi connectivity index (χ4n) is 12.1. The van der Waals surface area contributed by atoms with E-state index in [1.54, 1.807) is 0 Å². The Bertz CT molecular complexity index is 1840. The first-order valence-electron chi connectivity index (χ1n) is 35.9. The van der Waals surface area contributed by atoms with Gasteiger partial charge in [-0.1, -0.05) is 239 Å². The summed E-state index contributed by atoms with van der Waals surface area (Å²) >= 11 is 0. The van der Waals surface area contributed by atoms with E-state index in [1.165, 1.54) is 129 Å². The Hall–Kier alpha value is -2.39. The first-order valence-corrected chi connectivity index (χ1v) is 37.4. The molecule has 0 bridgehead atoms. The normalized spacial score (nSPS) is 22.6. The maximum atomic E-state index is 13.6. The summed E-state index contributed by atoms with van der Waals surface area (Å²) in [7, 11) is -5.28. The van der Waals surface area contributed by atoms with Crippen LogP contribution in [0.1, 0.15) is 304 Å². The summed E-state index contributed by atoms with van der Waals surface area (Å²) in [6.07, 6.45) is 35.2. The van der Waals surface area contributed by atoms with Crippen molar-refractivity contribution in [3.05, 3.63) is 12.2 Å². The molecule has 0 aromatic rings. The molecular formula is C69H129N2O17P. The third kappa shape index (κ3) is 40.5. The van der Waals surface area contributed by atoms with Crippen molar-refractivity contribution in [2.45, 2.75) is 371 Å². The van der Waals surface area contributed by atoms with E-state index in [1.807, 2.05) is 0 Å². The van der Waals surface area contributed by atoms with Crippen LogP contribution in [0.4, 0.5) is 0 Å². The van der Waals surface area contributed by atoms with Crippen molar-refractivity contribution in [1.82, 2.24) is 10.6 Å². The van der Waals surface area contributed by atoms with Crippen molar-refractivity contribution >= 4 is 31.4 Å². The van der Waals surface area contributed by atoms with Crippen LogP contribution in [0.25, 0.3) is 0 Å². The van der Waals surface area contributed by atoms with Crippen molar-refractivity contribution < 1.29 is 81.8 Å². The number of ether oxygens (including phenoxy) is 6. The summed E-state index contributed by atoms with van der Waals surface area (Å²) in [4.78, 5) is 73.1. The van der Waals surface area contributed by atoms with Gasteiger partial charge in [-0.15, -0.1) is 0 Å². The van der Waals surface area contributed by atoms with Gasteiger partial charge >= 0.3 is 13.8 Å². The largest absolute Gasteiger partial charge is 0.479 e. The van der Waals surface area contributed by atoms with E-state index in [-0.39, 0.29) is 31.5 Å². The van der Waals surface area contributed by atoms with Crippen LogP contribution in [0.3, 0.4) is 0 Å². The zero-order valence-corrected chi connectivity index (χ0v) is 57.2. The Labute approximate surface area is 538 Å². The van der Waals surface area contributed by atoms with Gasteiger partial charge in [-0.3, -0.25) is 18.9 Å². The maximum Gasteiger partial charge on any atom is 0.470 e. The molecule has 0 aromatic carbocycles. The molecule has 89 heavy (non-hydrogen) atoms. The number of nitrogens with one attached hydrogen (secondary N) is 2. The van der Waals surface area contributed by atoms with Crippen LogP contribution in [-0.2, 0) is 56.7 Å². The molecule has 0 spiro atoms. The molecule has 19 nitrogen and oxygen atoms in total. The van der Waals surface area contributed by atoms with Crippen LogP contribution in [0, 0.1) is 0 Å². The minimum atomic E-state index is -5.28. The van der Waals surface area contributed by atoms with E-state index in [4.69, 9.17) is 32.9 Å². The highest BCUT2D eigenvalue weighted by Crippen LogP contribution is 2.42. The highest BCUT2D eigenvalue weighted by molar-refractivity contribution is 7.46. The molecule has 2 amide bonds. The Morgan fingerprint density at radius 3 is 1.51 bits per heavy atom. The number of hydrogen-bond acceptors (Lipinski definition) is 14. The van der Waals surface area contributed by atoms with Crippen molar-refractivity contribution in [2.75, 3.05) is 33.0 Å². The highest BCUT2D eigenvalue weighted by Gasteiger charge is 2.53. The van der Waals surface area contributed by atoms with Gasteiger partial charge in [-0.25, -0.2) is 9.36 Å². The smallest absolute Gasteiger partial charge is 0.470 e. The summed E-state index contributed by atoms with van der Waals surface area (Å²) in [6, 6.07) is -2.75. The number of unbranched alkanes of at least 4 members (excludes halogenated alkanes) is 33. The van der Waals surface area contributed by atoms with E-state index in [0.717, 1.165) is 116 Å². The quantitative estimate of drug-likeness (QED) is 0.0129. The topological polar surface area (TPSA) is 275 Å². The van der Waals surface area contributed by atoms with Gasteiger partial charge < -0.3 is 64.2 Å². The molecule has 2 saturated heterocycles. The number of allylic oxidation sites excluding steroid dienone is 2. The number of aliphatic carboxylic acids is 1. The number of phosphoric acid groups is 1. The number of hydrogen-bond donors (Lipinski definition) is 7. The van der Waals surface area contributed by atoms with Crippen molar-refractivity contribution in [3.8, 4) is 0 Å². The van der Waals surface area contributed by atoms with Crippen molar-refractivity contribution in [1.29, 1.82) is 0 Å². The third-order valence-corrected chi connectivity index (χ3v) is 17.8. The Kier molecular flexibility index (Phi) is 50.1. The van der Waals surface area contributed by atoms with Gasteiger partial charge in [-0.2, -0.15) is 0 Å². The molecule has 0 aliphatic carbocycles. The molecule has 0 radical (unpaired) electrons. The number of aliphatic hydroxyl groups is 2. The lowest BCUT2D eigenvalue weighted by Gasteiger charge is -2.47. The molecule has 2 aliphatic rings. The third-order valence-electron chi connectivity index (χ3n) is 17.3. The molecule has 20 heteroatoms. The lowest BCUT2D eigenvalue weighted by atomic mass is 9.91. The van der Waals surface area contributed by atoms with Crippen molar-refractivity contribution in [3.63, 3.8) is 0 Å². The summed E-state index contributed by atoms with van der Waals surface area (Å²) < 4.78 is 55.6. The van der Waals surface area contributed by atoms with Gasteiger partial charge in [0.15, 0.2) is 12.4 Å². The first kappa shape index (κ1) is 82.7. The van der Waals surface area contributed by atoms with Crippen molar-refractivity contribution in [2.24, 2.45) is 0 Å². The number of carboxylic acids is 1. The average Bonchev–Trinajstić information content (AvgIpc) is 1.10. The number of carbonyl (C=O) groups is 4. The van der Waals surface area contributed by atoms with Gasteiger partial charge in [0.2, 0.25) is 11.8 Å². The van der Waals surface area contributed by atoms with Crippen LogP contribution in [0.5, 0.6) is 0 Å². The minimum Gasteiger partial charge on any atom is -0.479 e. The molecule has 522 valence electrons. The van der Waals surface area contributed by atoms with Crippen LogP contribution in [-0.4, -0.2) is 149 Å². The second-order valence-electron chi connectivity index (χ2n) is 25.4. The predicted molar refractivity (Wildman–Crippen MR) is 350 cm³/mol. The summed E-state index contributed by atoms with van der Waals surface area (Å²) in [5.74, 6) is -3.06. The second-order valence-corrected chi connectivity index (χ2v) is 26.6. The molecule has 2 rings (SSSR count). The molecular weight excluding hydrogens is 1160 g/mol. The molecule has 0 aromatic heterocycles. The molecule has 11 atom stereocenters. The molecule has 0 unspecified atom stereocenters. The molecule has 2 fully saturated rings. The highest BCUT2D eigenvalue weighted by atomic mass is 31.2. The first-order chi connectivity index (χ1) is 43.1. The van der Waals surface area contributed by atoms with E-state index in [2.05, 4.69) is 50.5 Å². The van der Waals surface area contributed by atoms with Gasteiger partial charge in [0.1, 0.15) is 48.4 Å². The van der Waals surface area contributed by atoms with E-state index in [0.29, 0.717) is 25.9 Å². The zero-order chi connectivity index (χ0) is 65.2. The Balaban J connectivity index is 2.31. The number of carboxylic acid groups (broad SMARTS) is 1. The number of Topliss-reactive ketones (excluding diaryl/α,β-unsaturated/α-hetero) is 1. The summed E-state index contributed by atoms with van der Waals surface area (Å²) in [5, 5.41) is 38.9. The Morgan fingerprint density at radius 2 is 1.00 bits per heavy atom. The predicted octanol–water partition coefficient (Wildman–Crippen LogP) is 14.1. The second kappa shape index (κ2) is 53.9. The number of carbonyl (C=O) groups excluding carboxylic acids is 3. The molecule has 0 saturated carbocycles. The average molecular weight is 1290 g/mol. The minimum absolute atomic E-state index is 0.000279. The van der Waals surface area contributed by atoms with E-state index in [9.17, 15) is 48.8 Å². The van der Waals surface area contributed by atoms with Gasteiger partial charge in [-0.05, 0) is 57.8 Å². The molecule has 2 heterocycles. The van der Waals surface area contributed by atoms with E-state index < -0.39 is 106 Å². The Morgan fingerprint density at radius 1 is 0.528 bits per heavy atom. The van der Waals surface area contributed by atoms with Gasteiger partial charge in [0, 0.05) is 33.2 Å². The molecule has 7 N–H and O–H groups in total. The number of ketones is 1. The van der Waals surface area contributed by atoms with Crippen LogP contribution < -0.4 is 10.6 Å². The summed E-state index contributed by atoms with van der Waals surface area (Å²) in [6.45, 7) is 9.33. The maximum absolute atomic E-state index is 13.6. The standard InChI is InChI=1S/C69H129N2O17P/c1-6-10-14-18-22-26-28-29-33-36-40-44-49-82-57(47-43-39-35-31-25-21-17-13-9-4)48-51-84-66-62(70-55(5)73)69(87-58(53-72)64(66)88-89(79,80)81)85-54-59-63(76)65(83-50-45-41-37-32-27-23-19-15-11-7-2)61(67(86-59)68(77)78)71-60(75)52-56(74)46-42-38-34-30-24-20-16-12-8-3/h26,28,57-59,61-67,69,72,76H,6-25,27,29-54H2,1-5H3,(H,70,73)(H,71,75)(H,77,78)(H2,79,80,81)/b28-26-/t57-,58-,59-,61-,62-,63-,64-,65-,66-,67+,69-/m1/s1. The number of rotatable bonds is 60. The monoisotopic (exact) mass is 1290 g/mol.